The lowest BCUT2D eigenvalue weighted by Crippen LogP contribution is -2.37. The molecule has 1 saturated heterocycles. The SMILES string of the molecule is Cc1nc(COc2cccc(C(=O)NCCN3C(=O)S/C(=C\c4ccccc4F)C3=O)c2)cs1. The average Bonchev–Trinajstić information content (AvgIpc) is 3.36. The summed E-state index contributed by atoms with van der Waals surface area (Å²) in [5, 5.41) is 5.11. The number of amides is 3. The van der Waals surface area contributed by atoms with Crippen LogP contribution in [0.25, 0.3) is 6.08 Å². The number of hydrogen-bond acceptors (Lipinski definition) is 7. The number of halogens is 1. The molecule has 174 valence electrons. The first-order valence-corrected chi connectivity index (χ1v) is 12.0. The van der Waals surface area contributed by atoms with Gasteiger partial charge in [0.1, 0.15) is 18.2 Å². The zero-order valence-electron chi connectivity index (χ0n) is 18.1. The predicted octanol–water partition coefficient (Wildman–Crippen LogP) is 4.64. The van der Waals surface area contributed by atoms with E-state index in [0.29, 0.717) is 17.9 Å². The first-order chi connectivity index (χ1) is 16.4. The van der Waals surface area contributed by atoms with E-state index in [2.05, 4.69) is 10.3 Å². The topological polar surface area (TPSA) is 88.6 Å². The van der Waals surface area contributed by atoms with Gasteiger partial charge in [-0.1, -0.05) is 24.3 Å². The van der Waals surface area contributed by atoms with E-state index in [1.807, 2.05) is 12.3 Å². The zero-order valence-corrected chi connectivity index (χ0v) is 19.7. The Balaban J connectivity index is 1.31. The van der Waals surface area contributed by atoms with Gasteiger partial charge in [0.05, 0.1) is 15.6 Å². The second-order valence-corrected chi connectivity index (χ2v) is 9.34. The molecule has 3 amide bonds. The Labute approximate surface area is 203 Å². The largest absolute Gasteiger partial charge is 0.487 e. The van der Waals surface area contributed by atoms with Crippen molar-refractivity contribution in [3.05, 3.63) is 86.5 Å². The number of thiazole rings is 1. The number of aryl methyl sites for hydroxylation is 1. The molecule has 2 heterocycles. The number of ether oxygens (including phenoxy) is 1. The Bertz CT molecular complexity index is 1270. The molecular weight excluding hydrogens is 477 g/mol. The first kappa shape index (κ1) is 23.7. The smallest absolute Gasteiger partial charge is 0.293 e. The van der Waals surface area contributed by atoms with Crippen LogP contribution < -0.4 is 10.1 Å². The minimum absolute atomic E-state index is 0.00435. The standard InChI is InChI=1S/C24H20FN3O4S2/c1-15-27-18(14-33-15)13-32-19-7-4-6-17(11-19)22(29)26-9-10-28-23(30)21(34-24(28)31)12-16-5-2-3-8-20(16)25/h2-8,11-12,14H,9-10,13H2,1H3,(H,26,29)/b21-12-. The van der Waals surface area contributed by atoms with E-state index in [0.717, 1.165) is 27.4 Å². The summed E-state index contributed by atoms with van der Waals surface area (Å²) in [4.78, 5) is 42.9. The van der Waals surface area contributed by atoms with Crippen molar-refractivity contribution in [2.75, 3.05) is 13.1 Å². The lowest BCUT2D eigenvalue weighted by Gasteiger charge is -2.13. The van der Waals surface area contributed by atoms with Crippen molar-refractivity contribution < 1.29 is 23.5 Å². The van der Waals surface area contributed by atoms with Gasteiger partial charge in [0.25, 0.3) is 17.1 Å². The van der Waals surface area contributed by atoms with Gasteiger partial charge in [-0.3, -0.25) is 19.3 Å². The highest BCUT2D eigenvalue weighted by Crippen LogP contribution is 2.32. The zero-order chi connectivity index (χ0) is 24.1. The molecule has 7 nitrogen and oxygen atoms in total. The molecule has 0 saturated carbocycles. The Kier molecular flexibility index (Phi) is 7.39. The van der Waals surface area contributed by atoms with Crippen LogP contribution in [0.15, 0.2) is 58.8 Å². The Morgan fingerprint density at radius 2 is 2.03 bits per heavy atom. The Morgan fingerprint density at radius 1 is 1.21 bits per heavy atom. The minimum Gasteiger partial charge on any atom is -0.487 e. The third kappa shape index (κ3) is 5.70. The van der Waals surface area contributed by atoms with Gasteiger partial charge in [0.2, 0.25) is 0 Å². The second-order valence-electron chi connectivity index (χ2n) is 7.29. The van der Waals surface area contributed by atoms with E-state index in [4.69, 9.17) is 4.74 Å². The number of benzene rings is 2. The summed E-state index contributed by atoms with van der Waals surface area (Å²) in [5.74, 6) is -0.819. The van der Waals surface area contributed by atoms with Crippen LogP contribution in [0.3, 0.4) is 0 Å². The molecule has 34 heavy (non-hydrogen) atoms. The molecule has 0 radical (unpaired) electrons. The maximum atomic E-state index is 13.9. The van der Waals surface area contributed by atoms with Crippen LogP contribution in [0.2, 0.25) is 0 Å². The van der Waals surface area contributed by atoms with Gasteiger partial charge >= 0.3 is 0 Å². The van der Waals surface area contributed by atoms with Crippen molar-refractivity contribution >= 4 is 46.2 Å². The van der Waals surface area contributed by atoms with E-state index in [1.54, 1.807) is 36.4 Å². The molecule has 0 spiro atoms. The molecule has 0 bridgehead atoms. The fourth-order valence-corrected chi connectivity index (χ4v) is 4.62. The van der Waals surface area contributed by atoms with E-state index in [1.165, 1.54) is 29.5 Å². The predicted molar refractivity (Wildman–Crippen MR) is 129 cm³/mol. The van der Waals surface area contributed by atoms with E-state index < -0.39 is 17.0 Å². The van der Waals surface area contributed by atoms with Crippen molar-refractivity contribution in [2.45, 2.75) is 13.5 Å². The summed E-state index contributed by atoms with van der Waals surface area (Å²) in [6, 6.07) is 12.7. The van der Waals surface area contributed by atoms with E-state index in [9.17, 15) is 18.8 Å². The quantitative estimate of drug-likeness (QED) is 0.457. The van der Waals surface area contributed by atoms with E-state index in [-0.39, 0.29) is 29.5 Å². The third-order valence-corrected chi connectivity index (χ3v) is 6.57. The Morgan fingerprint density at radius 3 is 2.79 bits per heavy atom. The first-order valence-electron chi connectivity index (χ1n) is 10.3. The summed E-state index contributed by atoms with van der Waals surface area (Å²) in [6.45, 7) is 2.30. The summed E-state index contributed by atoms with van der Waals surface area (Å²) in [5.41, 5.74) is 1.44. The van der Waals surface area contributed by atoms with Crippen molar-refractivity contribution in [1.29, 1.82) is 0 Å². The van der Waals surface area contributed by atoms with Gasteiger partial charge in [-0.05, 0) is 49.0 Å². The van der Waals surface area contributed by atoms with Crippen LogP contribution >= 0.6 is 23.1 Å². The molecule has 0 unspecified atom stereocenters. The average molecular weight is 498 g/mol. The van der Waals surface area contributed by atoms with Crippen molar-refractivity contribution in [3.8, 4) is 5.75 Å². The number of imide groups is 1. The molecule has 1 aromatic heterocycles. The van der Waals surface area contributed by atoms with Crippen molar-refractivity contribution in [1.82, 2.24) is 15.2 Å². The Hall–Kier alpha value is -3.50. The van der Waals surface area contributed by atoms with Crippen LogP contribution in [-0.4, -0.2) is 40.0 Å². The fraction of sp³-hybridized carbons (Fsp3) is 0.167. The summed E-state index contributed by atoms with van der Waals surface area (Å²) >= 11 is 2.29. The highest BCUT2D eigenvalue weighted by Gasteiger charge is 2.34. The van der Waals surface area contributed by atoms with E-state index >= 15 is 0 Å². The molecule has 1 aliphatic rings. The van der Waals surface area contributed by atoms with Crippen LogP contribution in [0.5, 0.6) is 5.75 Å². The van der Waals surface area contributed by atoms with Crippen LogP contribution in [-0.2, 0) is 11.4 Å². The molecule has 0 aliphatic carbocycles. The van der Waals surface area contributed by atoms with Gasteiger partial charge in [0.15, 0.2) is 0 Å². The lowest BCUT2D eigenvalue weighted by molar-refractivity contribution is -0.122. The van der Waals surface area contributed by atoms with Crippen LogP contribution in [0.4, 0.5) is 9.18 Å². The molecule has 3 aromatic rings. The van der Waals surface area contributed by atoms with Gasteiger partial charge in [-0.15, -0.1) is 11.3 Å². The lowest BCUT2D eigenvalue weighted by atomic mass is 10.2. The minimum atomic E-state index is -0.514. The third-order valence-electron chi connectivity index (χ3n) is 4.84. The molecule has 1 aliphatic heterocycles. The normalized spacial score (nSPS) is 14.6. The number of thioether (sulfide) groups is 1. The van der Waals surface area contributed by atoms with Crippen molar-refractivity contribution in [3.63, 3.8) is 0 Å². The van der Waals surface area contributed by atoms with Crippen LogP contribution in [0.1, 0.15) is 26.6 Å². The van der Waals surface area contributed by atoms with Gasteiger partial charge in [0, 0.05) is 29.6 Å². The van der Waals surface area contributed by atoms with Crippen molar-refractivity contribution in [2.24, 2.45) is 0 Å². The molecule has 4 rings (SSSR count). The number of rotatable bonds is 8. The monoisotopic (exact) mass is 497 g/mol. The maximum absolute atomic E-state index is 13.9. The fourth-order valence-electron chi connectivity index (χ4n) is 3.17. The summed E-state index contributed by atoms with van der Waals surface area (Å²) in [6.07, 6.45) is 1.36. The number of carbonyl (C=O) groups excluding carboxylic acids is 3. The van der Waals surface area contributed by atoms with Gasteiger partial charge in [-0.2, -0.15) is 0 Å². The molecule has 1 N–H and O–H groups in total. The number of nitrogens with one attached hydrogen (secondary N) is 1. The summed E-state index contributed by atoms with van der Waals surface area (Å²) < 4.78 is 19.6. The molecule has 2 aromatic carbocycles. The maximum Gasteiger partial charge on any atom is 0.293 e. The molecule has 10 heteroatoms. The molecule has 1 fully saturated rings. The number of aromatic nitrogens is 1. The van der Waals surface area contributed by atoms with Gasteiger partial charge in [-0.25, -0.2) is 9.37 Å². The molecule has 0 atom stereocenters. The van der Waals surface area contributed by atoms with Gasteiger partial charge < -0.3 is 10.1 Å². The van der Waals surface area contributed by atoms with Crippen LogP contribution in [0, 0.1) is 12.7 Å². The number of nitrogens with zero attached hydrogens (tertiary/aromatic N) is 2. The second kappa shape index (κ2) is 10.6. The number of hydrogen-bond donors (Lipinski definition) is 1. The summed E-state index contributed by atoms with van der Waals surface area (Å²) in [7, 11) is 0. The molecular formula is C24H20FN3O4S2. The highest BCUT2D eigenvalue weighted by atomic mass is 32.2. The number of carbonyl (C=O) groups is 3. The highest BCUT2D eigenvalue weighted by molar-refractivity contribution is 8.18.